The molecule has 1 amide bonds. The molecule has 2 nitrogen and oxygen atoms in total. The van der Waals surface area contributed by atoms with Crippen LogP contribution in [0.25, 0.3) is 0 Å². The number of rotatable bonds is 4. The molecule has 0 bridgehead atoms. The van der Waals surface area contributed by atoms with Crippen LogP contribution in [0, 0.1) is 0 Å². The van der Waals surface area contributed by atoms with Crippen LogP contribution in [0.15, 0.2) is 36.4 Å². The van der Waals surface area contributed by atoms with Crippen molar-refractivity contribution in [2.45, 2.75) is 125 Å². The summed E-state index contributed by atoms with van der Waals surface area (Å²) in [5, 5.41) is 0. The zero-order valence-electron chi connectivity index (χ0n) is 24.2. The summed E-state index contributed by atoms with van der Waals surface area (Å²) < 4.78 is 0. The monoisotopic (exact) mass is 463 g/mol. The fourth-order valence-electron chi connectivity index (χ4n) is 4.02. The van der Waals surface area contributed by atoms with Gasteiger partial charge in [0.25, 0.3) is 0 Å². The van der Waals surface area contributed by atoms with Crippen LogP contribution in [0.1, 0.15) is 123 Å². The van der Waals surface area contributed by atoms with Crippen LogP contribution in [-0.4, -0.2) is 10.8 Å². The Hall–Kier alpha value is -2.09. The van der Waals surface area contributed by atoms with E-state index >= 15 is 0 Å². The molecule has 0 atom stereocenters. The summed E-state index contributed by atoms with van der Waals surface area (Å²) in [6, 6.07) is 13.8. The van der Waals surface area contributed by atoms with Crippen LogP contribution >= 0.6 is 0 Å². The van der Waals surface area contributed by atoms with Crippen LogP contribution in [0.5, 0.6) is 0 Å². The molecule has 2 aromatic rings. The number of amides is 1. The summed E-state index contributed by atoms with van der Waals surface area (Å²) in [6.45, 7) is 30.0. The van der Waals surface area contributed by atoms with Crippen LogP contribution in [0.4, 0.5) is 0 Å². The molecule has 34 heavy (non-hydrogen) atoms. The van der Waals surface area contributed by atoms with Gasteiger partial charge in [0.1, 0.15) is 0 Å². The topological polar surface area (TPSA) is 20.3 Å². The van der Waals surface area contributed by atoms with Crippen LogP contribution < -0.4 is 0 Å². The molecule has 2 heteroatoms. The highest BCUT2D eigenvalue weighted by atomic mass is 16.2. The lowest BCUT2D eigenvalue weighted by Gasteiger charge is -2.29. The van der Waals surface area contributed by atoms with E-state index in [0.717, 1.165) is 0 Å². The Balaban J connectivity index is 2.51. The molecule has 188 valence electrons. The van der Waals surface area contributed by atoms with Crippen LogP contribution in [0.2, 0.25) is 0 Å². The molecule has 0 aliphatic heterocycles. The van der Waals surface area contributed by atoms with Gasteiger partial charge in [0.15, 0.2) is 0 Å². The highest BCUT2D eigenvalue weighted by Gasteiger charge is 2.24. The van der Waals surface area contributed by atoms with E-state index < -0.39 is 0 Å². The molecule has 0 radical (unpaired) electrons. The van der Waals surface area contributed by atoms with Gasteiger partial charge in [-0.25, -0.2) is 0 Å². The first-order valence-corrected chi connectivity index (χ1v) is 12.7. The van der Waals surface area contributed by atoms with E-state index in [9.17, 15) is 4.79 Å². The molecule has 2 aromatic carbocycles. The predicted molar refractivity (Wildman–Crippen MR) is 148 cm³/mol. The van der Waals surface area contributed by atoms with Gasteiger partial charge in [-0.05, 0) is 55.0 Å². The molecular formula is C32H49NO. The van der Waals surface area contributed by atoms with Crippen molar-refractivity contribution in [3.05, 3.63) is 69.8 Å². The molecule has 0 aliphatic rings. The Morgan fingerprint density at radius 2 is 0.765 bits per heavy atom. The number of carbonyl (C=O) groups excluding carboxylic acids is 1. The highest BCUT2D eigenvalue weighted by molar-refractivity contribution is 5.73. The smallest absolute Gasteiger partial charge is 0.220 e. The number of nitrogens with zero attached hydrogens (tertiary/aromatic N) is 1. The largest absolute Gasteiger partial charge is 0.334 e. The maximum Gasteiger partial charge on any atom is 0.220 e. The molecule has 0 aromatic heterocycles. The summed E-state index contributed by atoms with van der Waals surface area (Å²) in [6.07, 6.45) is 0. The first-order valence-electron chi connectivity index (χ1n) is 12.7. The zero-order valence-corrected chi connectivity index (χ0v) is 24.2. The van der Waals surface area contributed by atoms with Crippen molar-refractivity contribution in [2.75, 3.05) is 0 Å². The summed E-state index contributed by atoms with van der Waals surface area (Å²) in [5.41, 5.74) is 7.92. The Morgan fingerprint density at radius 3 is 0.941 bits per heavy atom. The molecule has 0 aliphatic carbocycles. The second-order valence-electron chi connectivity index (χ2n) is 14.2. The SMILES string of the molecule is CC(=O)N(Cc1cc(C(C)(C)C)cc(C(C)(C)C)c1)Cc1cc(C(C)(C)C)cc(C(C)(C)C)c1. The number of carbonyl (C=O) groups is 1. The second-order valence-corrected chi connectivity index (χ2v) is 14.2. The van der Waals surface area contributed by atoms with Crippen molar-refractivity contribution in [2.24, 2.45) is 0 Å². The maximum atomic E-state index is 12.8. The molecule has 0 saturated heterocycles. The van der Waals surface area contributed by atoms with E-state index in [1.807, 2.05) is 4.90 Å². The van der Waals surface area contributed by atoms with Gasteiger partial charge in [-0.1, -0.05) is 119 Å². The first-order chi connectivity index (χ1) is 15.2. The van der Waals surface area contributed by atoms with Gasteiger partial charge in [-0.2, -0.15) is 0 Å². The average molecular weight is 464 g/mol. The van der Waals surface area contributed by atoms with Gasteiger partial charge in [-0.3, -0.25) is 4.79 Å². The highest BCUT2D eigenvalue weighted by Crippen LogP contribution is 2.33. The lowest BCUT2D eigenvalue weighted by atomic mass is 9.79. The van der Waals surface area contributed by atoms with Crippen LogP contribution in [-0.2, 0) is 39.5 Å². The Kier molecular flexibility index (Phi) is 7.88. The standard InChI is InChI=1S/C32H49NO/c1-22(34)33(20-23-14-25(29(2,3)4)18-26(15-23)30(5,6)7)21-24-16-27(31(8,9)10)19-28(17-24)32(11,12)13/h14-19H,20-21H2,1-13H3. The van der Waals surface area contributed by atoms with Crippen molar-refractivity contribution in [1.29, 1.82) is 0 Å². The van der Waals surface area contributed by atoms with Crippen molar-refractivity contribution >= 4 is 5.91 Å². The van der Waals surface area contributed by atoms with E-state index in [0.29, 0.717) is 13.1 Å². The fraction of sp³-hybridized carbons (Fsp3) is 0.594. The van der Waals surface area contributed by atoms with E-state index in [1.54, 1.807) is 6.92 Å². The van der Waals surface area contributed by atoms with E-state index in [2.05, 4.69) is 119 Å². The van der Waals surface area contributed by atoms with Gasteiger partial charge < -0.3 is 4.90 Å². The van der Waals surface area contributed by atoms with Crippen LogP contribution in [0.3, 0.4) is 0 Å². The third kappa shape index (κ3) is 7.45. The Labute approximate surface area is 210 Å². The average Bonchev–Trinajstić information content (AvgIpc) is 2.64. The van der Waals surface area contributed by atoms with E-state index in [1.165, 1.54) is 33.4 Å². The van der Waals surface area contributed by atoms with Gasteiger partial charge in [0.2, 0.25) is 5.91 Å². The Morgan fingerprint density at radius 1 is 0.529 bits per heavy atom. The molecule has 0 saturated carbocycles. The van der Waals surface area contributed by atoms with Gasteiger partial charge >= 0.3 is 0 Å². The third-order valence-electron chi connectivity index (χ3n) is 6.64. The van der Waals surface area contributed by atoms with Crippen molar-refractivity contribution < 1.29 is 4.79 Å². The quantitative estimate of drug-likeness (QED) is 0.445. The van der Waals surface area contributed by atoms with Crippen molar-refractivity contribution in [1.82, 2.24) is 4.90 Å². The first kappa shape index (κ1) is 28.1. The van der Waals surface area contributed by atoms with Crippen molar-refractivity contribution in [3.63, 3.8) is 0 Å². The lowest BCUT2D eigenvalue weighted by Crippen LogP contribution is -2.29. The maximum absolute atomic E-state index is 12.8. The number of benzene rings is 2. The van der Waals surface area contributed by atoms with E-state index in [4.69, 9.17) is 0 Å². The molecule has 0 fully saturated rings. The Bertz CT molecular complexity index is 875. The number of hydrogen-bond donors (Lipinski definition) is 0. The zero-order chi connectivity index (χ0) is 26.3. The molecule has 0 unspecified atom stereocenters. The lowest BCUT2D eigenvalue weighted by molar-refractivity contribution is -0.130. The minimum absolute atomic E-state index is 0.0553. The normalized spacial score (nSPS) is 13.2. The van der Waals surface area contributed by atoms with Gasteiger partial charge in [0.05, 0.1) is 0 Å². The predicted octanol–water partition coefficient (Wildman–Crippen LogP) is 8.43. The summed E-state index contributed by atoms with van der Waals surface area (Å²) in [7, 11) is 0. The minimum Gasteiger partial charge on any atom is -0.334 e. The summed E-state index contributed by atoms with van der Waals surface area (Å²) in [5.74, 6) is 0.108. The molecular weight excluding hydrogens is 414 g/mol. The summed E-state index contributed by atoms with van der Waals surface area (Å²) in [4.78, 5) is 14.8. The molecule has 2 rings (SSSR count). The van der Waals surface area contributed by atoms with Gasteiger partial charge in [-0.15, -0.1) is 0 Å². The fourth-order valence-corrected chi connectivity index (χ4v) is 4.02. The molecule has 0 heterocycles. The molecule has 0 N–H and O–H groups in total. The van der Waals surface area contributed by atoms with Gasteiger partial charge in [0, 0.05) is 20.0 Å². The third-order valence-corrected chi connectivity index (χ3v) is 6.64. The van der Waals surface area contributed by atoms with E-state index in [-0.39, 0.29) is 27.6 Å². The number of hydrogen-bond acceptors (Lipinski definition) is 1. The minimum atomic E-state index is 0.0553. The summed E-state index contributed by atoms with van der Waals surface area (Å²) >= 11 is 0. The second kappa shape index (κ2) is 9.51. The van der Waals surface area contributed by atoms with Crippen molar-refractivity contribution in [3.8, 4) is 0 Å². The molecule has 0 spiro atoms.